The Hall–Kier alpha value is -3.49. The summed E-state index contributed by atoms with van der Waals surface area (Å²) in [5.41, 5.74) is 1.12. The summed E-state index contributed by atoms with van der Waals surface area (Å²) >= 11 is 0. The van der Waals surface area contributed by atoms with Crippen molar-refractivity contribution in [2.75, 3.05) is 31.2 Å². The Labute approximate surface area is 180 Å². The van der Waals surface area contributed by atoms with Crippen LogP contribution in [-0.4, -0.2) is 57.4 Å². The van der Waals surface area contributed by atoms with Crippen molar-refractivity contribution in [1.29, 1.82) is 0 Å². The lowest BCUT2D eigenvalue weighted by molar-refractivity contribution is -0.122. The molecule has 2 aliphatic heterocycles. The van der Waals surface area contributed by atoms with Crippen molar-refractivity contribution in [2.45, 2.75) is 25.3 Å². The summed E-state index contributed by atoms with van der Waals surface area (Å²) in [6.45, 7) is 2.57. The van der Waals surface area contributed by atoms with E-state index in [1.165, 1.54) is 0 Å². The quantitative estimate of drug-likeness (QED) is 0.651. The smallest absolute Gasteiger partial charge is 0.242 e. The molecular weight excluding hydrogens is 396 g/mol. The van der Waals surface area contributed by atoms with Crippen molar-refractivity contribution in [3.05, 3.63) is 48.7 Å². The summed E-state index contributed by atoms with van der Waals surface area (Å²) in [5, 5.41) is 3.11. The Morgan fingerprint density at radius 3 is 2.97 bits per heavy atom. The lowest BCUT2D eigenvalue weighted by Gasteiger charge is -2.26. The topological polar surface area (TPSA) is 86.4 Å². The monoisotopic (exact) mass is 422 g/mol. The van der Waals surface area contributed by atoms with E-state index in [9.17, 15) is 4.79 Å². The molecule has 1 atom stereocenters. The highest BCUT2D eigenvalue weighted by Crippen LogP contribution is 2.31. The summed E-state index contributed by atoms with van der Waals surface area (Å²) in [5.74, 6) is 3.33. The number of nitrogens with one attached hydrogen (secondary N) is 1. The molecule has 2 aliphatic rings. The maximum Gasteiger partial charge on any atom is 0.242 e. The van der Waals surface area contributed by atoms with Crippen LogP contribution in [-0.2, 0) is 18.3 Å². The SMILES string of the molecule is Cn1c(N2CCCC2C(=O)NCCc2ccc3c(c2)OCCO3)cnc1-n1ccnc1. The van der Waals surface area contributed by atoms with Gasteiger partial charge in [0.05, 0.1) is 6.20 Å². The van der Waals surface area contributed by atoms with Crippen molar-refractivity contribution < 1.29 is 14.3 Å². The summed E-state index contributed by atoms with van der Waals surface area (Å²) in [6.07, 6.45) is 9.69. The number of ether oxygens (including phenoxy) is 2. The maximum atomic E-state index is 13.0. The van der Waals surface area contributed by atoms with Crippen molar-refractivity contribution in [3.63, 3.8) is 0 Å². The second-order valence-corrected chi connectivity index (χ2v) is 7.82. The fourth-order valence-electron chi connectivity index (χ4n) is 4.28. The van der Waals surface area contributed by atoms with Crippen molar-refractivity contribution in [3.8, 4) is 17.4 Å². The van der Waals surface area contributed by atoms with Crippen LogP contribution in [0.25, 0.3) is 5.95 Å². The first kappa shape index (κ1) is 19.5. The first-order valence-electron chi connectivity index (χ1n) is 10.6. The molecule has 31 heavy (non-hydrogen) atoms. The Bertz CT molecular complexity index is 1060. The lowest BCUT2D eigenvalue weighted by atomic mass is 10.1. The van der Waals surface area contributed by atoms with E-state index in [1.54, 1.807) is 12.5 Å². The number of aromatic nitrogens is 4. The Morgan fingerprint density at radius 1 is 1.26 bits per heavy atom. The van der Waals surface area contributed by atoms with E-state index in [0.29, 0.717) is 19.8 Å². The van der Waals surface area contributed by atoms with Crippen LogP contribution < -0.4 is 19.7 Å². The molecule has 1 aromatic carbocycles. The van der Waals surface area contributed by atoms with E-state index in [0.717, 1.165) is 54.6 Å². The molecule has 1 saturated heterocycles. The fraction of sp³-hybridized carbons (Fsp3) is 0.409. The summed E-state index contributed by atoms with van der Waals surface area (Å²) in [6, 6.07) is 5.76. The van der Waals surface area contributed by atoms with Gasteiger partial charge >= 0.3 is 0 Å². The molecule has 4 heterocycles. The average molecular weight is 422 g/mol. The van der Waals surface area contributed by atoms with Crippen molar-refractivity contribution >= 4 is 11.7 Å². The molecular formula is C22H26N6O3. The van der Waals surface area contributed by atoms with Gasteiger partial charge in [0.1, 0.15) is 31.4 Å². The number of amides is 1. The van der Waals surface area contributed by atoms with E-state index in [1.807, 2.05) is 46.8 Å². The molecule has 0 bridgehead atoms. The van der Waals surface area contributed by atoms with Crippen molar-refractivity contribution in [2.24, 2.45) is 7.05 Å². The molecule has 9 nitrogen and oxygen atoms in total. The molecule has 162 valence electrons. The van der Waals surface area contributed by atoms with E-state index in [2.05, 4.69) is 20.2 Å². The first-order chi connectivity index (χ1) is 15.2. The molecule has 0 aliphatic carbocycles. The normalized spacial score (nSPS) is 17.7. The number of rotatable bonds is 6. The van der Waals surface area contributed by atoms with Gasteiger partial charge in [0.2, 0.25) is 11.9 Å². The number of anilines is 1. The maximum absolute atomic E-state index is 13.0. The van der Waals surface area contributed by atoms with Crippen LogP contribution in [0.5, 0.6) is 11.5 Å². The van der Waals surface area contributed by atoms with Crippen molar-refractivity contribution in [1.82, 2.24) is 24.4 Å². The number of carbonyl (C=O) groups is 1. The Balaban J connectivity index is 1.21. The van der Waals surface area contributed by atoms with Gasteiger partial charge in [-0.3, -0.25) is 13.9 Å². The number of hydrogen-bond acceptors (Lipinski definition) is 6. The van der Waals surface area contributed by atoms with Gasteiger partial charge in [0, 0.05) is 32.5 Å². The second kappa shape index (κ2) is 8.33. The number of hydrogen-bond donors (Lipinski definition) is 1. The number of imidazole rings is 2. The third kappa shape index (κ3) is 3.83. The zero-order valence-corrected chi connectivity index (χ0v) is 17.5. The summed E-state index contributed by atoms with van der Waals surface area (Å²) < 4.78 is 15.1. The molecule has 0 radical (unpaired) electrons. The van der Waals surface area contributed by atoms with Gasteiger partial charge in [-0.1, -0.05) is 6.07 Å². The van der Waals surface area contributed by atoms with Crippen LogP contribution in [0, 0.1) is 0 Å². The predicted molar refractivity (Wildman–Crippen MR) is 115 cm³/mol. The fourth-order valence-corrected chi connectivity index (χ4v) is 4.28. The highest BCUT2D eigenvalue weighted by atomic mass is 16.6. The number of benzene rings is 1. The average Bonchev–Trinajstić information content (AvgIpc) is 3.54. The van der Waals surface area contributed by atoms with Gasteiger partial charge < -0.3 is 19.7 Å². The second-order valence-electron chi connectivity index (χ2n) is 7.82. The van der Waals surface area contributed by atoms with E-state index >= 15 is 0 Å². The molecule has 1 fully saturated rings. The minimum absolute atomic E-state index is 0.0559. The number of carbonyl (C=O) groups excluding carboxylic acids is 1. The van der Waals surface area contributed by atoms with E-state index in [4.69, 9.17) is 9.47 Å². The standard InChI is InChI=1S/C22H26N6O3/c1-26-20(14-25-22(26)27-10-8-23-15-27)28-9-2-3-17(28)21(29)24-7-6-16-4-5-18-19(13-16)31-12-11-30-18/h4-5,8,10,13-15,17H,2-3,6-7,9,11-12H2,1H3,(H,24,29). The van der Waals surface area contributed by atoms with Crippen LogP contribution >= 0.6 is 0 Å². The summed E-state index contributed by atoms with van der Waals surface area (Å²) in [4.78, 5) is 23.7. The lowest BCUT2D eigenvalue weighted by Crippen LogP contribution is -2.44. The minimum Gasteiger partial charge on any atom is -0.486 e. The molecule has 9 heteroatoms. The molecule has 1 unspecified atom stereocenters. The third-order valence-corrected chi connectivity index (χ3v) is 5.84. The number of nitrogens with zero attached hydrogens (tertiary/aromatic N) is 5. The summed E-state index contributed by atoms with van der Waals surface area (Å²) in [7, 11) is 1.97. The predicted octanol–water partition coefficient (Wildman–Crippen LogP) is 1.70. The zero-order chi connectivity index (χ0) is 21.2. The molecule has 0 spiro atoms. The van der Waals surface area contributed by atoms with Crippen LogP contribution in [0.1, 0.15) is 18.4 Å². The van der Waals surface area contributed by atoms with Gasteiger partial charge in [-0.2, -0.15) is 0 Å². The van der Waals surface area contributed by atoms with Crippen LogP contribution in [0.3, 0.4) is 0 Å². The van der Waals surface area contributed by atoms with E-state index < -0.39 is 0 Å². The Morgan fingerprint density at radius 2 is 2.13 bits per heavy atom. The molecule has 2 aromatic heterocycles. The van der Waals surface area contributed by atoms with Gasteiger partial charge in [-0.05, 0) is 37.0 Å². The van der Waals surface area contributed by atoms with Gasteiger partial charge in [-0.25, -0.2) is 9.97 Å². The Kier molecular flexibility index (Phi) is 5.23. The third-order valence-electron chi connectivity index (χ3n) is 5.84. The largest absolute Gasteiger partial charge is 0.486 e. The van der Waals surface area contributed by atoms with Gasteiger partial charge in [0.25, 0.3) is 0 Å². The first-order valence-corrected chi connectivity index (χ1v) is 10.6. The molecule has 3 aromatic rings. The van der Waals surface area contributed by atoms with Crippen LogP contribution in [0.2, 0.25) is 0 Å². The minimum atomic E-state index is -0.189. The molecule has 5 rings (SSSR count). The molecule has 0 saturated carbocycles. The van der Waals surface area contributed by atoms with Crippen LogP contribution in [0.4, 0.5) is 5.82 Å². The molecule has 1 amide bonds. The highest BCUT2D eigenvalue weighted by Gasteiger charge is 2.32. The van der Waals surface area contributed by atoms with E-state index in [-0.39, 0.29) is 11.9 Å². The molecule has 1 N–H and O–H groups in total. The zero-order valence-electron chi connectivity index (χ0n) is 17.5. The highest BCUT2D eigenvalue weighted by molar-refractivity contribution is 5.85. The number of fused-ring (bicyclic) bond motifs is 1. The van der Waals surface area contributed by atoms with Gasteiger partial charge in [-0.15, -0.1) is 0 Å². The van der Waals surface area contributed by atoms with Gasteiger partial charge in [0.15, 0.2) is 11.5 Å². The van der Waals surface area contributed by atoms with Crippen LogP contribution in [0.15, 0.2) is 43.1 Å².